The normalized spacial score (nSPS) is 10.9. The van der Waals surface area contributed by atoms with Gasteiger partial charge in [0.1, 0.15) is 5.75 Å². The number of halogens is 8. The molecule has 0 atom stereocenters. The Bertz CT molecular complexity index is 2900. The van der Waals surface area contributed by atoms with Crippen molar-refractivity contribution in [2.45, 2.75) is 47.6 Å². The molecule has 21 heteroatoms. The number of hydrogen-bond acceptors (Lipinski definition) is 12. The minimum atomic E-state index is -0.607. The molecule has 0 saturated carbocycles. The van der Waals surface area contributed by atoms with Gasteiger partial charge in [-0.1, -0.05) is 12.1 Å². The van der Waals surface area contributed by atoms with Crippen LogP contribution in [0.1, 0.15) is 72.3 Å². The number of rotatable bonds is 14. The van der Waals surface area contributed by atoms with E-state index in [1.165, 1.54) is 58.9 Å². The fourth-order valence-electron chi connectivity index (χ4n) is 7.04. The number of benzene rings is 5. The molecule has 6 rings (SSSR count). The molecule has 0 unspecified atom stereocenters. The van der Waals surface area contributed by atoms with E-state index in [1.807, 2.05) is 0 Å². The molecule has 0 spiro atoms. The highest BCUT2D eigenvalue weighted by Gasteiger charge is 2.35. The second-order valence-electron chi connectivity index (χ2n) is 14.7. The molecule has 0 fully saturated rings. The first-order valence-corrected chi connectivity index (χ1v) is 26.1. The van der Waals surface area contributed by atoms with Crippen LogP contribution in [0.2, 0.25) is 0 Å². The van der Waals surface area contributed by atoms with Crippen LogP contribution < -0.4 is 23.7 Å². The molecule has 1 aromatic heterocycles. The van der Waals surface area contributed by atoms with E-state index in [0.717, 1.165) is 5.56 Å². The topological polar surface area (TPSA) is 171 Å². The van der Waals surface area contributed by atoms with Crippen LogP contribution >= 0.6 is 127 Å². The molecule has 0 saturated heterocycles. The summed E-state index contributed by atoms with van der Waals surface area (Å²) in [6.45, 7) is 6.23. The number of hydrogen-bond donors (Lipinski definition) is 0. The van der Waals surface area contributed by atoms with Gasteiger partial charge in [-0.15, -0.1) is 0 Å². The van der Waals surface area contributed by atoms with Crippen molar-refractivity contribution < 1.29 is 57.2 Å². The predicted molar refractivity (Wildman–Crippen MR) is 283 cm³/mol. The molecule has 0 aliphatic heterocycles. The summed E-state index contributed by atoms with van der Waals surface area (Å²) in [5.74, 6) is -3.28. The molecule has 0 radical (unpaired) electrons. The van der Waals surface area contributed by atoms with Gasteiger partial charge in [-0.25, -0.2) is 0 Å². The Morgan fingerprint density at radius 2 is 0.681 bits per heavy atom. The van der Waals surface area contributed by atoms with E-state index in [9.17, 15) is 24.0 Å². The summed E-state index contributed by atoms with van der Waals surface area (Å²) in [5, 5.41) is 0. The highest BCUT2D eigenvalue weighted by Crippen LogP contribution is 2.49. The van der Waals surface area contributed by atoms with Gasteiger partial charge in [0.25, 0.3) is 0 Å². The molecule has 6 aromatic rings. The van der Waals surface area contributed by atoms with Crippen molar-refractivity contribution in [2.24, 2.45) is 0 Å². The maximum atomic E-state index is 15.8. The second-order valence-corrected chi connectivity index (χ2v) is 21.5. The van der Waals surface area contributed by atoms with Crippen LogP contribution in [0.25, 0.3) is 22.3 Å². The van der Waals surface area contributed by atoms with E-state index < -0.39 is 41.4 Å². The van der Waals surface area contributed by atoms with Crippen molar-refractivity contribution in [2.75, 3.05) is 0 Å². The molecule has 13 nitrogen and oxygen atoms in total. The summed E-state index contributed by atoms with van der Waals surface area (Å²) in [7, 11) is 0. The van der Waals surface area contributed by atoms with Crippen molar-refractivity contribution in [3.8, 4) is 51.0 Å². The molecule has 0 aliphatic carbocycles. The number of aryl methyl sites for hydroxylation is 1. The molecule has 0 aliphatic rings. The van der Waals surface area contributed by atoms with Crippen LogP contribution in [0, 0.1) is 0 Å². The zero-order valence-electron chi connectivity index (χ0n) is 36.2. The van der Waals surface area contributed by atoms with Crippen LogP contribution in [0.15, 0.2) is 109 Å². The third-order valence-electron chi connectivity index (χ3n) is 9.58. The van der Waals surface area contributed by atoms with Gasteiger partial charge in [-0.05, 0) is 211 Å². The quantitative estimate of drug-likeness (QED) is 0.0575. The monoisotopic (exact) mass is 1440 g/mol. The average Bonchev–Trinajstić information content (AvgIpc) is 3.59. The molecule has 0 N–H and O–H groups in total. The molecule has 1 heterocycles. The van der Waals surface area contributed by atoms with E-state index in [1.54, 1.807) is 53.1 Å². The van der Waals surface area contributed by atoms with Crippen LogP contribution in [-0.4, -0.2) is 46.0 Å². The SMILES string of the molecule is CC(=O)Oc1ccc(CCn2c(C(=O)c3cc(Br)c(OC(C)=O)c(Br)c3)c(-c3cc(Br)c(OC(C)=O)c(Br)c3)c(-c3cc(Br)c(OC(C)=O)c(Br)c3)c2C(=O)c2cc(Br)c(OC(C)=O)c(Br)c2)cc1. The van der Waals surface area contributed by atoms with E-state index in [4.69, 9.17) is 23.7 Å². The predicted octanol–water partition coefficient (Wildman–Crippen LogP) is 14.3. The van der Waals surface area contributed by atoms with E-state index in [2.05, 4.69) is 127 Å². The molecule has 69 heavy (non-hydrogen) atoms. The van der Waals surface area contributed by atoms with Gasteiger partial charge in [0.2, 0.25) is 11.6 Å². The number of ketones is 2. The Hall–Kier alpha value is -4.09. The van der Waals surface area contributed by atoms with E-state index in [0.29, 0.717) is 34.8 Å². The molecular formula is C48H31Br8NO12. The molecular weight excluding hydrogens is 1420 g/mol. The Morgan fingerprint density at radius 3 is 0.957 bits per heavy atom. The Morgan fingerprint density at radius 1 is 0.406 bits per heavy atom. The Labute approximate surface area is 461 Å². The fourth-order valence-corrected chi connectivity index (χ4v) is 12.4. The average molecular weight is 1450 g/mol. The number of ether oxygens (including phenoxy) is 5. The van der Waals surface area contributed by atoms with Gasteiger partial charge < -0.3 is 28.3 Å². The maximum absolute atomic E-state index is 15.8. The fraction of sp³-hybridized carbons (Fsp3) is 0.146. The van der Waals surface area contributed by atoms with Crippen LogP contribution in [0.3, 0.4) is 0 Å². The summed E-state index contributed by atoms with van der Waals surface area (Å²) >= 11 is 28.1. The highest BCUT2D eigenvalue weighted by molar-refractivity contribution is 9.12. The maximum Gasteiger partial charge on any atom is 0.308 e. The lowest BCUT2D eigenvalue weighted by Crippen LogP contribution is -2.18. The molecule has 0 amide bonds. The van der Waals surface area contributed by atoms with Gasteiger partial charge in [0.05, 0.1) is 47.2 Å². The van der Waals surface area contributed by atoms with Crippen LogP contribution in [0.5, 0.6) is 28.7 Å². The number of carbonyl (C=O) groups is 7. The lowest BCUT2D eigenvalue weighted by molar-refractivity contribution is -0.132. The second kappa shape index (κ2) is 23.0. The first-order chi connectivity index (χ1) is 32.4. The van der Waals surface area contributed by atoms with Crippen molar-refractivity contribution in [1.82, 2.24) is 4.57 Å². The minimum absolute atomic E-state index is 0.00827. The Kier molecular flexibility index (Phi) is 18.1. The molecule has 5 aromatic carbocycles. The van der Waals surface area contributed by atoms with Crippen LogP contribution in [0.4, 0.5) is 0 Å². The lowest BCUT2D eigenvalue weighted by atomic mass is 9.91. The largest absolute Gasteiger partial charge is 0.427 e. The van der Waals surface area contributed by atoms with Crippen LogP contribution in [-0.2, 0) is 36.9 Å². The highest BCUT2D eigenvalue weighted by atomic mass is 79.9. The van der Waals surface area contributed by atoms with Gasteiger partial charge in [0.15, 0.2) is 23.0 Å². The van der Waals surface area contributed by atoms with Crippen molar-refractivity contribution in [3.05, 3.63) is 137 Å². The van der Waals surface area contributed by atoms with Crippen molar-refractivity contribution >= 4 is 169 Å². The third kappa shape index (κ3) is 12.7. The smallest absolute Gasteiger partial charge is 0.308 e. The van der Waals surface area contributed by atoms with E-state index >= 15 is 9.59 Å². The zero-order valence-corrected chi connectivity index (χ0v) is 48.9. The van der Waals surface area contributed by atoms with Gasteiger partial charge in [-0.2, -0.15) is 0 Å². The van der Waals surface area contributed by atoms with E-state index in [-0.39, 0.29) is 87.5 Å². The van der Waals surface area contributed by atoms with Gasteiger partial charge >= 0.3 is 29.8 Å². The minimum Gasteiger partial charge on any atom is -0.427 e. The zero-order chi connectivity index (χ0) is 50.8. The Balaban J connectivity index is 1.81. The summed E-state index contributed by atoms with van der Waals surface area (Å²) in [5.41, 5.74) is 2.13. The number of carbonyl (C=O) groups excluding carboxylic acids is 7. The van der Waals surface area contributed by atoms with Gasteiger partial charge in [0, 0.05) is 63.4 Å². The first-order valence-electron chi connectivity index (χ1n) is 19.8. The summed E-state index contributed by atoms with van der Waals surface area (Å²) in [6.07, 6.45) is 0.212. The third-order valence-corrected chi connectivity index (χ3v) is 14.3. The first kappa shape index (κ1) is 54.2. The van der Waals surface area contributed by atoms with Crippen molar-refractivity contribution in [3.63, 3.8) is 0 Å². The van der Waals surface area contributed by atoms with Gasteiger partial charge in [-0.3, -0.25) is 33.6 Å². The lowest BCUT2D eigenvalue weighted by Gasteiger charge is -2.16. The summed E-state index contributed by atoms with van der Waals surface area (Å²) in [4.78, 5) is 92.1. The van der Waals surface area contributed by atoms with Crippen molar-refractivity contribution in [1.29, 1.82) is 0 Å². The summed E-state index contributed by atoms with van der Waals surface area (Å²) < 4.78 is 31.1. The molecule has 356 valence electrons. The number of esters is 5. The number of aromatic nitrogens is 1. The standard InChI is InChI=1S/C48H31Br8NO12/c1-20(58)65-30-8-6-25(7-9-30)10-11-57-41(43(63)28-16-35(53)47(36(54)17-28)68-23(4)61)39(26-12-31(49)45(32(50)13-26)66-21(2)59)40(27-14-33(51)46(34(52)15-27)67-22(3)60)42(57)44(64)29-18-37(55)48(38(56)19-29)69-24(5)62/h6-9,12-19H,10-11H2,1-5H3. The summed E-state index contributed by atoms with van der Waals surface area (Å²) in [6, 6.07) is 19.2. The number of nitrogens with zero attached hydrogens (tertiary/aromatic N) is 1. The molecule has 0 bridgehead atoms.